The van der Waals surface area contributed by atoms with Gasteiger partial charge in [-0.25, -0.2) is 0 Å². The van der Waals surface area contributed by atoms with E-state index in [1.165, 1.54) is 96.3 Å². The fourth-order valence-corrected chi connectivity index (χ4v) is 6.96. The van der Waals surface area contributed by atoms with E-state index in [9.17, 15) is 14.4 Å². The third-order valence-corrected chi connectivity index (χ3v) is 10.9. The summed E-state index contributed by atoms with van der Waals surface area (Å²) in [5.41, 5.74) is 0. The summed E-state index contributed by atoms with van der Waals surface area (Å²) in [6, 6.07) is 0. The van der Waals surface area contributed by atoms with Gasteiger partial charge in [0.15, 0.2) is 6.10 Å². The lowest BCUT2D eigenvalue weighted by Crippen LogP contribution is -2.30. The molecule has 0 radical (unpaired) electrons. The predicted molar refractivity (Wildman–Crippen MR) is 274 cm³/mol. The lowest BCUT2D eigenvalue weighted by molar-refractivity contribution is -0.167. The molecule has 364 valence electrons. The van der Waals surface area contributed by atoms with E-state index in [1.54, 1.807) is 0 Å². The van der Waals surface area contributed by atoms with E-state index < -0.39 is 6.10 Å². The molecule has 0 aliphatic carbocycles. The lowest BCUT2D eigenvalue weighted by Gasteiger charge is -2.18. The van der Waals surface area contributed by atoms with Crippen LogP contribution in [0.25, 0.3) is 0 Å². The van der Waals surface area contributed by atoms with Gasteiger partial charge in [-0.3, -0.25) is 14.4 Å². The standard InChI is InChI=1S/C58H96O6/c1-4-7-10-13-16-19-22-25-28-29-31-33-36-39-42-45-48-51-57(60)63-54-55(53-62-56(59)50-47-44-41-38-35-32-27-24-21-18-15-12-9-6-3)64-58(61)52-49-46-43-40-37-34-30-26-23-20-17-14-11-8-5-2/h8,11,14,16-17,19-20,23,25-26,28,30,32,34-35,37,55H,4-7,9-10,12-13,15,18,21-22,24,27,29,31,33,36,38-54H2,1-3H3/b11-8-,17-14-,19-16-,23-20-,28-25-,30-26-,35-32-,37-34-. The summed E-state index contributed by atoms with van der Waals surface area (Å²) in [7, 11) is 0. The summed E-state index contributed by atoms with van der Waals surface area (Å²) in [5.74, 6) is -0.972. The second kappa shape index (κ2) is 52.0. The molecule has 0 heterocycles. The van der Waals surface area contributed by atoms with Gasteiger partial charge in [-0.2, -0.15) is 0 Å². The Labute approximate surface area is 394 Å². The van der Waals surface area contributed by atoms with Crippen molar-refractivity contribution >= 4 is 17.9 Å². The molecule has 0 bridgehead atoms. The van der Waals surface area contributed by atoms with Crippen molar-refractivity contribution in [3.05, 3.63) is 97.2 Å². The normalized spacial score (nSPS) is 12.9. The van der Waals surface area contributed by atoms with Gasteiger partial charge in [0.2, 0.25) is 0 Å². The second-order valence-electron chi connectivity index (χ2n) is 17.2. The van der Waals surface area contributed by atoms with E-state index >= 15 is 0 Å². The van der Waals surface area contributed by atoms with Crippen LogP contribution in [0, 0.1) is 0 Å². The molecule has 0 amide bonds. The molecule has 0 aromatic heterocycles. The van der Waals surface area contributed by atoms with Crippen LogP contribution < -0.4 is 0 Å². The van der Waals surface area contributed by atoms with Gasteiger partial charge in [-0.15, -0.1) is 0 Å². The largest absolute Gasteiger partial charge is 0.462 e. The monoisotopic (exact) mass is 889 g/mol. The number of hydrogen-bond donors (Lipinski definition) is 0. The van der Waals surface area contributed by atoms with Gasteiger partial charge in [0.05, 0.1) is 0 Å². The van der Waals surface area contributed by atoms with Crippen LogP contribution in [-0.2, 0) is 28.6 Å². The van der Waals surface area contributed by atoms with E-state index in [0.717, 1.165) is 89.9 Å². The minimum atomic E-state index is -0.809. The Morgan fingerprint density at radius 2 is 0.672 bits per heavy atom. The molecule has 0 aliphatic rings. The highest BCUT2D eigenvalue weighted by Gasteiger charge is 2.19. The molecule has 1 unspecified atom stereocenters. The first-order valence-corrected chi connectivity index (χ1v) is 26.3. The molecule has 64 heavy (non-hydrogen) atoms. The van der Waals surface area contributed by atoms with Crippen LogP contribution in [0.2, 0.25) is 0 Å². The Kier molecular flexibility index (Phi) is 49.0. The summed E-state index contributed by atoms with van der Waals surface area (Å²) >= 11 is 0. The maximum absolute atomic E-state index is 12.8. The molecule has 6 nitrogen and oxygen atoms in total. The zero-order valence-electron chi connectivity index (χ0n) is 41.5. The molecule has 0 aliphatic heterocycles. The highest BCUT2D eigenvalue weighted by Crippen LogP contribution is 2.13. The van der Waals surface area contributed by atoms with Gasteiger partial charge in [0.1, 0.15) is 13.2 Å². The van der Waals surface area contributed by atoms with E-state index in [1.807, 2.05) is 48.6 Å². The van der Waals surface area contributed by atoms with Crippen LogP contribution in [-0.4, -0.2) is 37.2 Å². The summed E-state index contributed by atoms with van der Waals surface area (Å²) in [5, 5.41) is 0. The van der Waals surface area contributed by atoms with Crippen LogP contribution in [0.4, 0.5) is 0 Å². The molecule has 0 N–H and O–H groups in total. The number of carbonyl (C=O) groups is 3. The number of hydrogen-bond acceptors (Lipinski definition) is 6. The van der Waals surface area contributed by atoms with Crippen molar-refractivity contribution in [2.24, 2.45) is 0 Å². The van der Waals surface area contributed by atoms with Crippen molar-refractivity contribution in [1.82, 2.24) is 0 Å². The average molecular weight is 889 g/mol. The van der Waals surface area contributed by atoms with Gasteiger partial charge < -0.3 is 14.2 Å². The van der Waals surface area contributed by atoms with Crippen molar-refractivity contribution in [2.45, 2.75) is 239 Å². The van der Waals surface area contributed by atoms with E-state index in [0.29, 0.717) is 19.3 Å². The van der Waals surface area contributed by atoms with Crippen LogP contribution in [0.3, 0.4) is 0 Å². The quantitative estimate of drug-likeness (QED) is 0.0199. The molecule has 0 saturated carbocycles. The van der Waals surface area contributed by atoms with E-state index in [4.69, 9.17) is 14.2 Å². The fraction of sp³-hybridized carbons (Fsp3) is 0.672. The second-order valence-corrected chi connectivity index (χ2v) is 17.2. The topological polar surface area (TPSA) is 78.9 Å². The Balaban J connectivity index is 4.50. The molecule has 0 aromatic rings. The smallest absolute Gasteiger partial charge is 0.306 e. The number of unbranched alkanes of at least 4 members (excludes halogenated alkanes) is 23. The first kappa shape index (κ1) is 60.3. The molecule has 0 rings (SSSR count). The molecule has 6 heteroatoms. The van der Waals surface area contributed by atoms with Crippen LogP contribution in [0.15, 0.2) is 97.2 Å². The summed E-state index contributed by atoms with van der Waals surface area (Å²) in [4.78, 5) is 38.0. The zero-order valence-corrected chi connectivity index (χ0v) is 41.5. The van der Waals surface area contributed by atoms with E-state index in [2.05, 4.69) is 69.4 Å². The molecule has 0 aromatic carbocycles. The van der Waals surface area contributed by atoms with Crippen molar-refractivity contribution in [1.29, 1.82) is 0 Å². The van der Waals surface area contributed by atoms with Crippen molar-refractivity contribution < 1.29 is 28.6 Å². The summed E-state index contributed by atoms with van der Waals surface area (Å²) < 4.78 is 16.8. The van der Waals surface area contributed by atoms with Gasteiger partial charge in [0, 0.05) is 19.3 Å². The van der Waals surface area contributed by atoms with Gasteiger partial charge >= 0.3 is 17.9 Å². The van der Waals surface area contributed by atoms with Gasteiger partial charge in [-0.1, -0.05) is 214 Å². The third-order valence-electron chi connectivity index (χ3n) is 10.9. The van der Waals surface area contributed by atoms with Crippen molar-refractivity contribution in [3.63, 3.8) is 0 Å². The molecular formula is C58H96O6. The first-order valence-electron chi connectivity index (χ1n) is 26.3. The molecule has 0 spiro atoms. The third kappa shape index (κ3) is 49.3. The number of allylic oxidation sites excluding steroid dienone is 16. The highest BCUT2D eigenvalue weighted by molar-refractivity contribution is 5.71. The van der Waals surface area contributed by atoms with Crippen molar-refractivity contribution in [2.75, 3.05) is 13.2 Å². The number of ether oxygens (including phenoxy) is 3. The molecular weight excluding hydrogens is 793 g/mol. The van der Waals surface area contributed by atoms with Gasteiger partial charge in [-0.05, 0) is 96.3 Å². The van der Waals surface area contributed by atoms with Crippen LogP contribution >= 0.6 is 0 Å². The molecule has 0 fully saturated rings. The Morgan fingerprint density at radius 3 is 1.14 bits per heavy atom. The summed E-state index contributed by atoms with van der Waals surface area (Å²) in [6.07, 6.45) is 68.1. The first-order chi connectivity index (χ1) is 31.5. The maximum Gasteiger partial charge on any atom is 0.306 e. The number of rotatable bonds is 46. The van der Waals surface area contributed by atoms with Gasteiger partial charge in [0.25, 0.3) is 0 Å². The fourth-order valence-electron chi connectivity index (χ4n) is 6.96. The minimum Gasteiger partial charge on any atom is -0.462 e. The highest BCUT2D eigenvalue weighted by atomic mass is 16.6. The number of carbonyl (C=O) groups excluding carboxylic acids is 3. The Hall–Kier alpha value is -3.67. The lowest BCUT2D eigenvalue weighted by atomic mass is 10.1. The number of esters is 3. The van der Waals surface area contributed by atoms with Crippen molar-refractivity contribution in [3.8, 4) is 0 Å². The predicted octanol–water partition coefficient (Wildman–Crippen LogP) is 17.4. The maximum atomic E-state index is 12.8. The summed E-state index contributed by atoms with van der Waals surface area (Å²) in [6.45, 7) is 6.40. The van der Waals surface area contributed by atoms with Crippen LogP contribution in [0.1, 0.15) is 233 Å². The Morgan fingerprint density at radius 1 is 0.344 bits per heavy atom. The van der Waals surface area contributed by atoms with E-state index in [-0.39, 0.29) is 37.5 Å². The Bertz CT molecular complexity index is 1300. The molecule has 1 atom stereocenters. The average Bonchev–Trinajstić information content (AvgIpc) is 3.29. The SMILES string of the molecule is CC\C=C/C=C\C=C/C=C\C=C/CCCCCC(=O)OC(COC(=O)CCCCC/C=C\CCCCCCCCC)COC(=O)CCCCCCCCC/C=C\C/C=C\CCCCC. The minimum absolute atomic E-state index is 0.105. The zero-order chi connectivity index (χ0) is 46.5. The van der Waals surface area contributed by atoms with Crippen LogP contribution in [0.5, 0.6) is 0 Å². The molecule has 0 saturated heterocycles.